The minimum Gasteiger partial charge on any atom is -0.490 e. The quantitative estimate of drug-likeness (QED) is 0.596. The van der Waals surface area contributed by atoms with E-state index in [1.807, 2.05) is 36.1 Å². The molecule has 1 atom stereocenters. The van der Waals surface area contributed by atoms with Gasteiger partial charge in [0.25, 0.3) is 0 Å². The van der Waals surface area contributed by atoms with Gasteiger partial charge in [0.05, 0.1) is 13.2 Å². The molecule has 168 valence electrons. The van der Waals surface area contributed by atoms with Crippen LogP contribution in [0.5, 0.6) is 11.5 Å². The molecule has 0 aliphatic carbocycles. The highest BCUT2D eigenvalue weighted by Gasteiger charge is 2.23. The minimum atomic E-state index is -0.137. The van der Waals surface area contributed by atoms with Gasteiger partial charge in [-0.15, -0.1) is 0 Å². The van der Waals surface area contributed by atoms with Crippen molar-refractivity contribution in [1.82, 2.24) is 10.2 Å². The maximum absolute atomic E-state index is 13.3. The van der Waals surface area contributed by atoms with E-state index in [9.17, 15) is 4.79 Å². The van der Waals surface area contributed by atoms with Crippen LogP contribution >= 0.6 is 11.6 Å². The lowest BCUT2D eigenvalue weighted by molar-refractivity contribution is -0.136. The first kappa shape index (κ1) is 23.4. The molecule has 1 heterocycles. The Balaban J connectivity index is 1.66. The number of carbonyl (C=O) groups excluding carboxylic acids is 1. The van der Waals surface area contributed by atoms with Crippen LogP contribution in [-0.4, -0.2) is 37.1 Å². The summed E-state index contributed by atoms with van der Waals surface area (Å²) in [5, 5.41) is 4.00. The highest BCUT2D eigenvalue weighted by molar-refractivity contribution is 6.31. The van der Waals surface area contributed by atoms with E-state index in [1.54, 1.807) is 6.07 Å². The number of amides is 1. The third-order valence-electron chi connectivity index (χ3n) is 5.22. The fourth-order valence-corrected chi connectivity index (χ4v) is 3.87. The third kappa shape index (κ3) is 6.88. The van der Waals surface area contributed by atoms with Crippen LogP contribution in [0.15, 0.2) is 42.5 Å². The molecule has 1 N–H and O–H groups in total. The van der Waals surface area contributed by atoms with E-state index in [1.165, 1.54) is 5.56 Å². The number of fused-ring (bicyclic) bond motifs is 1. The molecule has 1 amide bonds. The maximum Gasteiger partial charge on any atom is 0.226 e. The van der Waals surface area contributed by atoms with Crippen molar-refractivity contribution >= 4 is 17.5 Å². The van der Waals surface area contributed by atoms with Gasteiger partial charge in [-0.1, -0.05) is 62.7 Å². The van der Waals surface area contributed by atoms with Crippen LogP contribution in [0, 0.1) is 11.8 Å². The van der Waals surface area contributed by atoms with E-state index in [0.29, 0.717) is 55.3 Å². The van der Waals surface area contributed by atoms with Gasteiger partial charge in [-0.25, -0.2) is 0 Å². The van der Waals surface area contributed by atoms with Gasteiger partial charge in [0, 0.05) is 49.6 Å². The summed E-state index contributed by atoms with van der Waals surface area (Å²) in [5.41, 5.74) is 2.09. The SMILES string of the molecule is CC(C)CN(Cc1cc2c(cc1Cl)OCCCO2)C(=O)C(C)CNCc1ccccc1. The Morgan fingerprint density at radius 3 is 2.45 bits per heavy atom. The standard InChI is InChI=1S/C25H33ClN2O3/c1-18(2)16-28(25(29)19(3)14-27-15-20-8-5-4-6-9-20)17-21-12-23-24(13-22(21)26)31-11-7-10-30-23/h4-6,8-9,12-13,18-19,27H,7,10-11,14-17H2,1-3H3. The molecule has 6 heteroatoms. The van der Waals surface area contributed by atoms with Crippen molar-refractivity contribution in [1.29, 1.82) is 0 Å². The van der Waals surface area contributed by atoms with Crippen molar-refractivity contribution in [2.24, 2.45) is 11.8 Å². The number of halogens is 1. The molecule has 1 aliphatic rings. The topological polar surface area (TPSA) is 50.8 Å². The van der Waals surface area contributed by atoms with E-state index in [-0.39, 0.29) is 11.8 Å². The summed E-state index contributed by atoms with van der Waals surface area (Å²) in [6, 6.07) is 13.9. The van der Waals surface area contributed by atoms with E-state index in [4.69, 9.17) is 21.1 Å². The van der Waals surface area contributed by atoms with Crippen molar-refractivity contribution in [2.75, 3.05) is 26.3 Å². The summed E-state index contributed by atoms with van der Waals surface area (Å²) >= 11 is 6.54. The lowest BCUT2D eigenvalue weighted by Gasteiger charge is -2.28. The molecule has 0 spiro atoms. The largest absolute Gasteiger partial charge is 0.490 e. The zero-order chi connectivity index (χ0) is 22.2. The number of ether oxygens (including phenoxy) is 2. The van der Waals surface area contributed by atoms with Crippen LogP contribution in [0.4, 0.5) is 0 Å². The molecule has 0 bridgehead atoms. The Labute approximate surface area is 190 Å². The average molecular weight is 445 g/mol. The molecule has 1 aliphatic heterocycles. The highest BCUT2D eigenvalue weighted by atomic mass is 35.5. The predicted molar refractivity (Wildman–Crippen MR) is 125 cm³/mol. The second-order valence-electron chi connectivity index (χ2n) is 8.57. The number of rotatable bonds is 9. The van der Waals surface area contributed by atoms with E-state index >= 15 is 0 Å². The molecule has 0 saturated carbocycles. The van der Waals surface area contributed by atoms with Crippen LogP contribution in [0.25, 0.3) is 0 Å². The van der Waals surface area contributed by atoms with Gasteiger partial charge in [0.2, 0.25) is 5.91 Å². The van der Waals surface area contributed by atoms with Crippen molar-refractivity contribution in [3.05, 3.63) is 58.6 Å². The molecule has 31 heavy (non-hydrogen) atoms. The Morgan fingerprint density at radius 2 is 1.77 bits per heavy atom. The number of nitrogens with one attached hydrogen (secondary N) is 1. The fourth-order valence-electron chi connectivity index (χ4n) is 3.65. The first-order valence-corrected chi connectivity index (χ1v) is 11.4. The predicted octanol–water partition coefficient (Wildman–Crippen LogP) is 4.91. The van der Waals surface area contributed by atoms with Crippen molar-refractivity contribution in [2.45, 2.75) is 40.3 Å². The Hall–Kier alpha value is -2.24. The first-order valence-electron chi connectivity index (χ1n) is 11.1. The molecule has 3 rings (SSSR count). The Morgan fingerprint density at radius 1 is 1.10 bits per heavy atom. The Kier molecular flexibility index (Phi) is 8.61. The summed E-state index contributed by atoms with van der Waals surface area (Å²) in [6.45, 7) is 9.95. The third-order valence-corrected chi connectivity index (χ3v) is 5.57. The summed E-state index contributed by atoms with van der Waals surface area (Å²) in [4.78, 5) is 15.2. The van der Waals surface area contributed by atoms with Crippen molar-refractivity contribution < 1.29 is 14.3 Å². The molecule has 0 aromatic heterocycles. The molecule has 0 radical (unpaired) electrons. The molecule has 2 aromatic carbocycles. The fraction of sp³-hybridized carbons (Fsp3) is 0.480. The molecule has 0 fully saturated rings. The number of benzene rings is 2. The number of hydrogen-bond donors (Lipinski definition) is 1. The Bertz CT molecular complexity index is 857. The van der Waals surface area contributed by atoms with Crippen LogP contribution in [0.1, 0.15) is 38.3 Å². The molecule has 0 saturated heterocycles. The highest BCUT2D eigenvalue weighted by Crippen LogP contribution is 2.35. The summed E-state index contributed by atoms with van der Waals surface area (Å²) < 4.78 is 11.5. The zero-order valence-corrected chi connectivity index (χ0v) is 19.5. The monoisotopic (exact) mass is 444 g/mol. The maximum atomic E-state index is 13.3. The second-order valence-corrected chi connectivity index (χ2v) is 8.98. The van der Waals surface area contributed by atoms with Crippen molar-refractivity contribution in [3.8, 4) is 11.5 Å². The summed E-state index contributed by atoms with van der Waals surface area (Å²) in [7, 11) is 0. The smallest absolute Gasteiger partial charge is 0.226 e. The average Bonchev–Trinajstić information content (AvgIpc) is 2.98. The van der Waals surface area contributed by atoms with Gasteiger partial charge in [-0.3, -0.25) is 4.79 Å². The van der Waals surface area contributed by atoms with E-state index in [2.05, 4.69) is 31.3 Å². The lowest BCUT2D eigenvalue weighted by atomic mass is 10.1. The number of hydrogen-bond acceptors (Lipinski definition) is 4. The lowest BCUT2D eigenvalue weighted by Crippen LogP contribution is -2.40. The molecular weight excluding hydrogens is 412 g/mol. The van der Waals surface area contributed by atoms with Crippen LogP contribution in [0.2, 0.25) is 5.02 Å². The summed E-state index contributed by atoms with van der Waals surface area (Å²) in [5.74, 6) is 1.71. The van der Waals surface area contributed by atoms with Crippen LogP contribution in [-0.2, 0) is 17.9 Å². The summed E-state index contributed by atoms with van der Waals surface area (Å²) in [6.07, 6.45) is 0.840. The second kappa shape index (κ2) is 11.4. The molecule has 2 aromatic rings. The first-order chi connectivity index (χ1) is 14.9. The van der Waals surface area contributed by atoms with Gasteiger partial charge in [0.1, 0.15) is 0 Å². The van der Waals surface area contributed by atoms with E-state index in [0.717, 1.165) is 18.5 Å². The number of nitrogens with zero attached hydrogens (tertiary/aromatic N) is 1. The molecular formula is C25H33ClN2O3. The van der Waals surface area contributed by atoms with E-state index < -0.39 is 0 Å². The normalized spacial score (nSPS) is 14.2. The molecule has 5 nitrogen and oxygen atoms in total. The van der Waals surface area contributed by atoms with Gasteiger partial charge in [-0.2, -0.15) is 0 Å². The van der Waals surface area contributed by atoms with Gasteiger partial charge in [0.15, 0.2) is 11.5 Å². The van der Waals surface area contributed by atoms with Gasteiger partial charge in [-0.05, 0) is 23.1 Å². The van der Waals surface area contributed by atoms with Gasteiger partial charge >= 0.3 is 0 Å². The van der Waals surface area contributed by atoms with Crippen molar-refractivity contribution in [3.63, 3.8) is 0 Å². The van der Waals surface area contributed by atoms with Crippen LogP contribution in [0.3, 0.4) is 0 Å². The minimum absolute atomic E-state index is 0.123. The van der Waals surface area contributed by atoms with Gasteiger partial charge < -0.3 is 19.7 Å². The number of carbonyl (C=O) groups is 1. The zero-order valence-electron chi connectivity index (χ0n) is 18.7. The molecule has 1 unspecified atom stereocenters. The van der Waals surface area contributed by atoms with Crippen LogP contribution < -0.4 is 14.8 Å².